The van der Waals surface area contributed by atoms with Crippen molar-refractivity contribution in [2.24, 2.45) is 0 Å². The van der Waals surface area contributed by atoms with E-state index in [1.165, 1.54) is 37.1 Å². The molecule has 0 saturated heterocycles. The van der Waals surface area contributed by atoms with Gasteiger partial charge < -0.3 is 9.88 Å². The molecule has 0 atom stereocenters. The minimum atomic E-state index is 0.278. The Morgan fingerprint density at radius 3 is 3.00 bits per heavy atom. The molecule has 0 amide bonds. The van der Waals surface area contributed by atoms with E-state index in [9.17, 15) is 0 Å². The molecule has 0 radical (unpaired) electrons. The average Bonchev–Trinajstić information content (AvgIpc) is 2.86. The lowest BCUT2D eigenvalue weighted by Crippen LogP contribution is -2.46. The van der Waals surface area contributed by atoms with Crippen LogP contribution >= 0.6 is 0 Å². The first-order chi connectivity index (χ1) is 7.36. The summed E-state index contributed by atoms with van der Waals surface area (Å²) in [5, 5.41) is 3.75. The highest BCUT2D eigenvalue weighted by Gasteiger charge is 2.41. The van der Waals surface area contributed by atoms with Crippen molar-refractivity contribution in [2.45, 2.75) is 51.1 Å². The summed E-state index contributed by atoms with van der Waals surface area (Å²) in [6, 6.07) is 0. The van der Waals surface area contributed by atoms with Crippen LogP contribution in [0, 0.1) is 0 Å². The third-order valence-corrected chi connectivity index (χ3v) is 3.99. The first kappa shape index (κ1) is 9.40. The first-order valence-electron chi connectivity index (χ1n) is 6.15. The second kappa shape index (κ2) is 3.34. The topological polar surface area (TPSA) is 29.9 Å². The van der Waals surface area contributed by atoms with Gasteiger partial charge in [0.15, 0.2) is 0 Å². The number of aryl methyl sites for hydroxylation is 1. The summed E-state index contributed by atoms with van der Waals surface area (Å²) in [6.45, 7) is 4.36. The van der Waals surface area contributed by atoms with E-state index in [4.69, 9.17) is 0 Å². The highest BCUT2D eigenvalue weighted by molar-refractivity contribution is 5.28. The van der Waals surface area contributed by atoms with Crippen molar-refractivity contribution >= 4 is 0 Å². The second-order valence-electron chi connectivity index (χ2n) is 4.79. The minimum Gasteiger partial charge on any atom is -0.333 e. The van der Waals surface area contributed by atoms with Gasteiger partial charge in [0.05, 0.1) is 23.3 Å². The lowest BCUT2D eigenvalue weighted by atomic mass is 9.87. The molecule has 1 aromatic heterocycles. The van der Waals surface area contributed by atoms with E-state index >= 15 is 0 Å². The number of hydrogen-bond acceptors (Lipinski definition) is 2. The number of aromatic nitrogens is 2. The molecule has 82 valence electrons. The quantitative estimate of drug-likeness (QED) is 0.758. The summed E-state index contributed by atoms with van der Waals surface area (Å²) < 4.78 is 2.34. The molecular formula is C12H19N3. The molecule has 1 saturated carbocycles. The fraction of sp³-hybridized carbons (Fsp3) is 0.750. The maximum absolute atomic E-state index is 4.57. The Bertz CT molecular complexity index is 347. The first-order valence-corrected chi connectivity index (χ1v) is 6.15. The minimum absolute atomic E-state index is 0.278. The van der Waals surface area contributed by atoms with Crippen molar-refractivity contribution in [3.05, 3.63) is 17.7 Å². The van der Waals surface area contributed by atoms with Gasteiger partial charge in [-0.05, 0) is 19.8 Å². The van der Waals surface area contributed by atoms with E-state index in [-0.39, 0.29) is 5.54 Å². The zero-order valence-corrected chi connectivity index (χ0v) is 9.42. The second-order valence-corrected chi connectivity index (χ2v) is 4.79. The van der Waals surface area contributed by atoms with Crippen LogP contribution in [0.1, 0.15) is 44.0 Å². The van der Waals surface area contributed by atoms with Crippen molar-refractivity contribution in [3.8, 4) is 0 Å². The van der Waals surface area contributed by atoms with Crippen LogP contribution in [-0.2, 0) is 18.5 Å². The Morgan fingerprint density at radius 1 is 1.47 bits per heavy atom. The van der Waals surface area contributed by atoms with E-state index in [0.29, 0.717) is 0 Å². The Balaban J connectivity index is 2.11. The number of nitrogens with one attached hydrogen (secondary N) is 1. The van der Waals surface area contributed by atoms with Gasteiger partial charge in [0, 0.05) is 19.5 Å². The highest BCUT2D eigenvalue weighted by atomic mass is 15.1. The van der Waals surface area contributed by atoms with E-state index in [1.807, 2.05) is 6.33 Å². The largest absolute Gasteiger partial charge is 0.333 e. The lowest BCUT2D eigenvalue weighted by molar-refractivity contribution is 0.302. The summed E-state index contributed by atoms with van der Waals surface area (Å²) in [5.41, 5.74) is 3.12. The van der Waals surface area contributed by atoms with Crippen LogP contribution in [-0.4, -0.2) is 16.1 Å². The van der Waals surface area contributed by atoms with Crippen molar-refractivity contribution in [3.63, 3.8) is 0 Å². The maximum Gasteiger partial charge on any atom is 0.0952 e. The normalized spacial score (nSPS) is 23.3. The van der Waals surface area contributed by atoms with Gasteiger partial charge in [-0.25, -0.2) is 4.98 Å². The molecule has 1 spiro atoms. The summed E-state index contributed by atoms with van der Waals surface area (Å²) in [6.07, 6.45) is 8.45. The van der Waals surface area contributed by atoms with Crippen LogP contribution in [0.15, 0.2) is 6.33 Å². The van der Waals surface area contributed by atoms with Crippen molar-refractivity contribution in [2.75, 3.05) is 6.54 Å². The molecule has 2 heterocycles. The molecular weight excluding hydrogens is 186 g/mol. The van der Waals surface area contributed by atoms with Crippen LogP contribution in [0.4, 0.5) is 0 Å². The molecule has 15 heavy (non-hydrogen) atoms. The van der Waals surface area contributed by atoms with Crippen LogP contribution < -0.4 is 5.32 Å². The molecule has 1 aliphatic carbocycles. The monoisotopic (exact) mass is 205 g/mol. The van der Waals surface area contributed by atoms with Gasteiger partial charge >= 0.3 is 0 Å². The smallest absolute Gasteiger partial charge is 0.0952 e. The van der Waals surface area contributed by atoms with Gasteiger partial charge in [0.2, 0.25) is 0 Å². The Labute approximate surface area is 90.9 Å². The molecule has 1 fully saturated rings. The van der Waals surface area contributed by atoms with Crippen molar-refractivity contribution in [1.82, 2.24) is 14.9 Å². The fourth-order valence-corrected chi connectivity index (χ4v) is 3.29. The standard InChI is InChI=1S/C12H19N3/c1-2-15-9-13-10-5-8-14-12(11(10)15)6-3-4-7-12/h9,14H,2-8H2,1H3. The molecule has 0 bridgehead atoms. The fourth-order valence-electron chi connectivity index (χ4n) is 3.29. The van der Waals surface area contributed by atoms with Crippen LogP contribution in [0.2, 0.25) is 0 Å². The molecule has 3 heteroatoms. The molecule has 2 aliphatic rings. The number of fused-ring (bicyclic) bond motifs is 2. The molecule has 1 aliphatic heterocycles. The number of nitrogens with zero attached hydrogens (tertiary/aromatic N) is 2. The summed E-state index contributed by atoms with van der Waals surface area (Å²) in [4.78, 5) is 4.57. The van der Waals surface area contributed by atoms with Gasteiger partial charge in [-0.3, -0.25) is 0 Å². The van der Waals surface area contributed by atoms with Gasteiger partial charge in [-0.15, -0.1) is 0 Å². The molecule has 0 unspecified atom stereocenters. The van der Waals surface area contributed by atoms with Crippen molar-refractivity contribution < 1.29 is 0 Å². The molecule has 3 rings (SSSR count). The third-order valence-electron chi connectivity index (χ3n) is 3.99. The molecule has 1 N–H and O–H groups in total. The Hall–Kier alpha value is -0.830. The molecule has 0 aromatic carbocycles. The van der Waals surface area contributed by atoms with Gasteiger partial charge in [-0.2, -0.15) is 0 Å². The van der Waals surface area contributed by atoms with Crippen LogP contribution in [0.5, 0.6) is 0 Å². The zero-order valence-electron chi connectivity index (χ0n) is 9.42. The summed E-state index contributed by atoms with van der Waals surface area (Å²) in [5.74, 6) is 0. The average molecular weight is 205 g/mol. The predicted molar refractivity (Wildman–Crippen MR) is 59.8 cm³/mol. The molecule has 3 nitrogen and oxygen atoms in total. The Kier molecular flexibility index (Phi) is 2.09. The lowest BCUT2D eigenvalue weighted by Gasteiger charge is -2.35. The third kappa shape index (κ3) is 1.26. The maximum atomic E-state index is 4.57. The van der Waals surface area contributed by atoms with E-state index in [0.717, 1.165) is 19.5 Å². The summed E-state index contributed by atoms with van der Waals surface area (Å²) >= 11 is 0. The zero-order chi connectivity index (χ0) is 10.3. The van der Waals surface area contributed by atoms with E-state index in [2.05, 4.69) is 21.8 Å². The van der Waals surface area contributed by atoms with E-state index in [1.54, 1.807) is 0 Å². The van der Waals surface area contributed by atoms with Crippen molar-refractivity contribution in [1.29, 1.82) is 0 Å². The predicted octanol–water partition coefficient (Wildman–Crippen LogP) is 1.82. The Morgan fingerprint density at radius 2 is 2.27 bits per heavy atom. The number of imidazole rings is 1. The SMILES string of the molecule is CCn1cnc2c1C1(CCCC1)NCC2. The van der Waals surface area contributed by atoms with Gasteiger partial charge in [-0.1, -0.05) is 12.8 Å². The number of rotatable bonds is 1. The van der Waals surface area contributed by atoms with Crippen LogP contribution in [0.25, 0.3) is 0 Å². The van der Waals surface area contributed by atoms with Gasteiger partial charge in [0.1, 0.15) is 0 Å². The molecule has 1 aromatic rings. The van der Waals surface area contributed by atoms with Crippen LogP contribution in [0.3, 0.4) is 0 Å². The summed E-state index contributed by atoms with van der Waals surface area (Å²) in [7, 11) is 0. The van der Waals surface area contributed by atoms with Gasteiger partial charge in [0.25, 0.3) is 0 Å². The highest BCUT2D eigenvalue weighted by Crippen LogP contribution is 2.41. The van der Waals surface area contributed by atoms with E-state index < -0.39 is 0 Å². The number of hydrogen-bond donors (Lipinski definition) is 1.